The number of aromatic nitrogens is 4. The van der Waals surface area contributed by atoms with Crippen LogP contribution >= 0.6 is 0 Å². The molecule has 28 heavy (non-hydrogen) atoms. The van der Waals surface area contributed by atoms with Crippen LogP contribution in [0.4, 0.5) is 5.82 Å². The predicted octanol–water partition coefficient (Wildman–Crippen LogP) is -4.92. The van der Waals surface area contributed by atoms with E-state index in [2.05, 4.69) is 15.0 Å². The van der Waals surface area contributed by atoms with Crippen LogP contribution < -0.4 is 23.9 Å². The number of carboxylic acids is 1. The van der Waals surface area contributed by atoms with Crippen molar-refractivity contribution in [3.63, 3.8) is 0 Å². The number of ether oxygens (including phenoxy) is 1. The Morgan fingerprint density at radius 1 is 1.36 bits per heavy atom. The molecular formula is C15H23ClN6O5S. The third-order valence-corrected chi connectivity index (χ3v) is 6.37. The van der Waals surface area contributed by atoms with Crippen LogP contribution in [0.1, 0.15) is 12.6 Å². The van der Waals surface area contributed by atoms with Crippen LogP contribution in [0.15, 0.2) is 12.7 Å². The zero-order chi connectivity index (χ0) is 19.7. The molecule has 3 heterocycles. The molecule has 1 aliphatic heterocycles. The Bertz CT molecular complexity index is 825. The lowest BCUT2D eigenvalue weighted by molar-refractivity contribution is -0.138. The van der Waals surface area contributed by atoms with Crippen molar-refractivity contribution in [1.29, 1.82) is 0 Å². The minimum Gasteiger partial charge on any atom is -1.00 e. The van der Waals surface area contributed by atoms with Gasteiger partial charge in [-0.1, -0.05) is 0 Å². The maximum Gasteiger partial charge on any atom is 0.320 e. The zero-order valence-electron chi connectivity index (χ0n) is 15.1. The summed E-state index contributed by atoms with van der Waals surface area (Å²) in [6.45, 7) is 0. The lowest BCUT2D eigenvalue weighted by atomic mass is 10.1. The highest BCUT2D eigenvalue weighted by Crippen LogP contribution is 2.32. The van der Waals surface area contributed by atoms with Gasteiger partial charge >= 0.3 is 5.97 Å². The highest BCUT2D eigenvalue weighted by Gasteiger charge is 2.46. The van der Waals surface area contributed by atoms with Crippen LogP contribution in [0.5, 0.6) is 0 Å². The standard InChI is InChI=1S/C15H22N6O5S.ClH/c1-27(3-2-7(16)15(24)25)4-8-10(22)11(23)14(26-8)21-6-20-9-12(17)18-5-19-13(9)21;/h5-8,10-11,14,22-23H,2-4,16H2,1H3,(H2-,17,18,19,24,25);1H/t7-,8+,10+,11+,14+,27?;/m0./s1. The van der Waals surface area contributed by atoms with Crippen molar-refractivity contribution in [3.05, 3.63) is 12.7 Å². The van der Waals surface area contributed by atoms with E-state index in [1.807, 2.05) is 6.26 Å². The number of imidazole rings is 1. The fourth-order valence-electron chi connectivity index (χ4n) is 2.97. The third-order valence-electron chi connectivity index (χ3n) is 4.54. The van der Waals surface area contributed by atoms with Crippen molar-refractivity contribution in [2.45, 2.75) is 37.0 Å². The summed E-state index contributed by atoms with van der Waals surface area (Å²) in [4.78, 5) is 23.0. The minimum atomic E-state index is -1.16. The molecule has 0 aliphatic carbocycles. The molecule has 2 aromatic rings. The molecule has 0 saturated carbocycles. The van der Waals surface area contributed by atoms with E-state index in [-0.39, 0.29) is 29.1 Å². The van der Waals surface area contributed by atoms with Gasteiger partial charge in [0.15, 0.2) is 17.7 Å². The van der Waals surface area contributed by atoms with E-state index >= 15 is 0 Å². The van der Waals surface area contributed by atoms with Crippen LogP contribution in [-0.2, 0) is 20.4 Å². The molecule has 0 spiro atoms. The molecule has 1 unspecified atom stereocenters. The van der Waals surface area contributed by atoms with Crippen LogP contribution in [0.2, 0.25) is 0 Å². The largest absolute Gasteiger partial charge is 1.00 e. The number of aliphatic hydroxyl groups is 2. The number of fused-ring (bicyclic) bond motifs is 1. The first-order valence-electron chi connectivity index (χ1n) is 8.31. The van der Waals surface area contributed by atoms with E-state index in [9.17, 15) is 15.0 Å². The SMILES string of the molecule is C[S+](CC[C@H](N)C(=O)O)C[C@H]1O[C@@H](n2cnc3c(N)ncnc32)[C@H](O)[C@@H]1O.[Cl-]. The average molecular weight is 435 g/mol. The van der Waals surface area contributed by atoms with Gasteiger partial charge in [-0.25, -0.2) is 15.0 Å². The third kappa shape index (κ3) is 4.47. The topological polar surface area (TPSA) is 183 Å². The molecule has 0 bridgehead atoms. The van der Waals surface area contributed by atoms with E-state index in [4.69, 9.17) is 21.3 Å². The smallest absolute Gasteiger partial charge is 0.320 e. The summed E-state index contributed by atoms with van der Waals surface area (Å²) in [5, 5.41) is 29.7. The number of hydrogen-bond donors (Lipinski definition) is 5. The summed E-state index contributed by atoms with van der Waals surface area (Å²) in [6, 6.07) is -0.907. The van der Waals surface area contributed by atoms with Crippen molar-refractivity contribution < 1.29 is 37.3 Å². The second-order valence-corrected chi connectivity index (χ2v) is 8.82. The van der Waals surface area contributed by atoms with Gasteiger partial charge in [0.2, 0.25) is 0 Å². The van der Waals surface area contributed by atoms with Crippen LogP contribution in [0.25, 0.3) is 11.2 Å². The summed E-state index contributed by atoms with van der Waals surface area (Å²) >= 11 is 0. The van der Waals surface area contributed by atoms with Crippen LogP contribution in [0, 0.1) is 0 Å². The Hall–Kier alpha value is -1.70. The summed E-state index contributed by atoms with van der Waals surface area (Å²) in [6.07, 6.45) is 1.31. The van der Waals surface area contributed by atoms with E-state index in [1.54, 1.807) is 0 Å². The molecule has 1 saturated heterocycles. The molecule has 3 rings (SSSR count). The maximum absolute atomic E-state index is 10.8. The second kappa shape index (κ2) is 9.20. The van der Waals surface area contributed by atoms with Gasteiger partial charge in [-0.15, -0.1) is 0 Å². The summed E-state index contributed by atoms with van der Waals surface area (Å²) in [5.41, 5.74) is 12.1. The summed E-state index contributed by atoms with van der Waals surface area (Å²) < 4.78 is 7.41. The Morgan fingerprint density at radius 2 is 2.07 bits per heavy atom. The maximum atomic E-state index is 10.8. The number of nitrogen functional groups attached to an aromatic ring is 1. The van der Waals surface area contributed by atoms with E-state index in [1.165, 1.54) is 17.2 Å². The fourth-order valence-corrected chi connectivity index (χ4v) is 4.63. The van der Waals surface area contributed by atoms with Crippen molar-refractivity contribution in [1.82, 2.24) is 19.5 Å². The normalized spacial score (nSPS) is 26.7. The molecule has 1 aliphatic rings. The Morgan fingerprint density at radius 3 is 2.75 bits per heavy atom. The summed E-state index contributed by atoms with van der Waals surface area (Å²) in [7, 11) is -0.235. The number of rotatable bonds is 7. The van der Waals surface area contributed by atoms with Gasteiger partial charge in [0.05, 0.1) is 12.6 Å². The molecule has 2 aromatic heterocycles. The van der Waals surface area contributed by atoms with E-state index < -0.39 is 36.6 Å². The number of anilines is 1. The molecule has 156 valence electrons. The number of halogens is 1. The van der Waals surface area contributed by atoms with Gasteiger partial charge in [-0.3, -0.25) is 9.36 Å². The number of hydrogen-bond acceptors (Lipinski definition) is 9. The van der Waals surface area contributed by atoms with Crippen molar-refractivity contribution in [2.75, 3.05) is 23.5 Å². The van der Waals surface area contributed by atoms with Gasteiger partial charge in [-0.2, -0.15) is 0 Å². The number of carboxylic acid groups (broad SMARTS) is 1. The number of carbonyl (C=O) groups is 1. The number of nitrogens with zero attached hydrogens (tertiary/aromatic N) is 4. The summed E-state index contributed by atoms with van der Waals surface area (Å²) in [5.74, 6) is 0.254. The fraction of sp³-hybridized carbons (Fsp3) is 0.600. The molecule has 6 atom stereocenters. The quantitative estimate of drug-likeness (QED) is 0.265. The Labute approximate surface area is 169 Å². The average Bonchev–Trinajstić information content (AvgIpc) is 3.17. The van der Waals surface area contributed by atoms with Gasteiger partial charge < -0.3 is 43.9 Å². The minimum absolute atomic E-state index is 0. The van der Waals surface area contributed by atoms with Crippen molar-refractivity contribution >= 4 is 33.8 Å². The number of aliphatic hydroxyl groups excluding tert-OH is 2. The molecule has 11 nitrogen and oxygen atoms in total. The highest BCUT2D eigenvalue weighted by molar-refractivity contribution is 7.96. The van der Waals surface area contributed by atoms with Gasteiger partial charge in [0.1, 0.15) is 47.7 Å². The highest BCUT2D eigenvalue weighted by atomic mass is 35.5. The monoisotopic (exact) mass is 434 g/mol. The van der Waals surface area contributed by atoms with Gasteiger partial charge in [0.25, 0.3) is 0 Å². The molecule has 0 aromatic carbocycles. The second-order valence-electron chi connectivity index (χ2n) is 6.51. The van der Waals surface area contributed by atoms with E-state index in [0.29, 0.717) is 29.1 Å². The predicted molar refractivity (Wildman–Crippen MR) is 98.9 cm³/mol. The lowest BCUT2D eigenvalue weighted by Gasteiger charge is -2.16. The molecular weight excluding hydrogens is 412 g/mol. The van der Waals surface area contributed by atoms with Crippen LogP contribution in [0.3, 0.4) is 0 Å². The molecule has 7 N–H and O–H groups in total. The van der Waals surface area contributed by atoms with Crippen molar-refractivity contribution in [3.8, 4) is 0 Å². The lowest BCUT2D eigenvalue weighted by Crippen LogP contribution is -3.00. The van der Waals surface area contributed by atoms with Gasteiger partial charge in [0, 0.05) is 6.42 Å². The molecule has 0 radical (unpaired) electrons. The number of nitrogens with two attached hydrogens (primary N) is 2. The van der Waals surface area contributed by atoms with E-state index in [0.717, 1.165) is 0 Å². The first-order valence-corrected chi connectivity index (χ1v) is 10.3. The number of aliphatic carboxylic acids is 1. The Balaban J connectivity index is 0.00000280. The molecule has 1 fully saturated rings. The molecule has 13 heteroatoms. The van der Waals surface area contributed by atoms with Crippen LogP contribution in [-0.4, -0.2) is 82.9 Å². The molecule has 0 amide bonds. The van der Waals surface area contributed by atoms with Gasteiger partial charge in [-0.05, 0) is 10.9 Å². The zero-order valence-corrected chi connectivity index (χ0v) is 16.6. The van der Waals surface area contributed by atoms with Crippen molar-refractivity contribution in [2.24, 2.45) is 5.73 Å². The first-order chi connectivity index (χ1) is 12.8. The first kappa shape index (κ1) is 22.6. The Kier molecular flexibility index (Phi) is 7.42.